The number of hydrogen-bond donors (Lipinski definition) is 2. The van der Waals surface area contributed by atoms with Gasteiger partial charge in [-0.15, -0.1) is 0 Å². The summed E-state index contributed by atoms with van der Waals surface area (Å²) in [4.78, 5) is 4.40. The highest BCUT2D eigenvalue weighted by molar-refractivity contribution is 5.79. The van der Waals surface area contributed by atoms with Crippen molar-refractivity contribution < 1.29 is 27.5 Å². The molecule has 1 unspecified atom stereocenters. The van der Waals surface area contributed by atoms with Crippen molar-refractivity contribution in [2.45, 2.75) is 44.8 Å². The molecule has 0 spiro atoms. The number of allylic oxidation sites excluding steroid dienone is 3. The number of nitrogens with zero attached hydrogens (tertiary/aromatic N) is 2. The topological polar surface area (TPSA) is 80.4 Å². The van der Waals surface area contributed by atoms with Gasteiger partial charge in [0.25, 0.3) is 5.89 Å². The molecule has 31 heavy (non-hydrogen) atoms. The molecule has 1 aromatic carbocycles. The van der Waals surface area contributed by atoms with Crippen LogP contribution in [0.25, 0.3) is 17.0 Å². The van der Waals surface area contributed by atoms with Crippen LogP contribution in [0.15, 0.2) is 39.9 Å². The number of aliphatic hydroxyl groups is 1. The monoisotopic (exact) mass is 435 g/mol. The Morgan fingerprint density at radius 1 is 1.29 bits per heavy atom. The number of aromatic nitrogens is 2. The molecule has 2 aliphatic rings. The molecule has 1 atom stereocenters. The van der Waals surface area contributed by atoms with Gasteiger partial charge in [-0.05, 0) is 62.0 Å². The van der Waals surface area contributed by atoms with Crippen molar-refractivity contribution in [2.24, 2.45) is 0 Å². The summed E-state index contributed by atoms with van der Waals surface area (Å²) in [6, 6.07) is 3.97. The SMILES string of the molecule is CCOc1ccc(-c2nc(C3=CCCC4=C3CCC4NCCO)no2)cc1C(F)(F)F. The fraction of sp³-hybridized carbons (Fsp3) is 0.455. The van der Waals surface area contributed by atoms with E-state index in [9.17, 15) is 13.2 Å². The molecule has 6 nitrogen and oxygen atoms in total. The molecule has 4 rings (SSSR count). The Balaban J connectivity index is 1.63. The third-order valence-electron chi connectivity index (χ3n) is 5.58. The Kier molecular flexibility index (Phi) is 6.15. The molecule has 1 heterocycles. The Morgan fingerprint density at radius 2 is 2.13 bits per heavy atom. The summed E-state index contributed by atoms with van der Waals surface area (Å²) in [6.07, 6.45) is 1.05. The molecule has 0 amide bonds. The molecule has 9 heteroatoms. The van der Waals surface area contributed by atoms with Crippen LogP contribution in [0, 0.1) is 0 Å². The van der Waals surface area contributed by atoms with Crippen LogP contribution >= 0.6 is 0 Å². The zero-order valence-corrected chi connectivity index (χ0v) is 17.1. The molecule has 166 valence electrons. The molecular formula is C22H24F3N3O3. The lowest BCUT2D eigenvalue weighted by atomic mass is 9.91. The standard InChI is InChI=1S/C22H24F3N3O3/c1-2-30-19-9-6-13(12-17(19)22(23,24)25)21-27-20(28-31-21)16-5-3-4-15-14(16)7-8-18(15)26-10-11-29/h5-6,9,12,18,26,29H,2-4,7-8,10-11H2,1H3. The quantitative estimate of drug-likeness (QED) is 0.672. The summed E-state index contributed by atoms with van der Waals surface area (Å²) in [7, 11) is 0. The van der Waals surface area contributed by atoms with Gasteiger partial charge in [-0.25, -0.2) is 0 Å². The Bertz CT molecular complexity index is 1010. The van der Waals surface area contributed by atoms with Gasteiger partial charge in [0.15, 0.2) is 0 Å². The van der Waals surface area contributed by atoms with Crippen molar-refractivity contribution >= 4 is 5.57 Å². The second-order valence-corrected chi connectivity index (χ2v) is 7.49. The zero-order valence-electron chi connectivity index (χ0n) is 17.1. The van der Waals surface area contributed by atoms with Gasteiger partial charge in [0.1, 0.15) is 5.75 Å². The van der Waals surface area contributed by atoms with Crippen LogP contribution < -0.4 is 10.1 Å². The summed E-state index contributed by atoms with van der Waals surface area (Å²) >= 11 is 0. The minimum absolute atomic E-state index is 0.0325. The van der Waals surface area contributed by atoms with Crippen LogP contribution in [0.2, 0.25) is 0 Å². The largest absolute Gasteiger partial charge is 0.493 e. The maximum absolute atomic E-state index is 13.5. The van der Waals surface area contributed by atoms with Gasteiger partial charge in [-0.1, -0.05) is 11.2 Å². The second kappa shape index (κ2) is 8.84. The van der Waals surface area contributed by atoms with Crippen molar-refractivity contribution in [3.05, 3.63) is 46.8 Å². The summed E-state index contributed by atoms with van der Waals surface area (Å²) < 4.78 is 50.8. The highest BCUT2D eigenvalue weighted by Crippen LogP contribution is 2.42. The van der Waals surface area contributed by atoms with Crippen LogP contribution in [0.4, 0.5) is 13.2 Å². The minimum atomic E-state index is -4.56. The molecule has 0 saturated heterocycles. The third-order valence-corrected chi connectivity index (χ3v) is 5.58. The molecule has 2 N–H and O–H groups in total. The molecule has 0 fully saturated rings. The number of nitrogens with one attached hydrogen (secondary N) is 1. The van der Waals surface area contributed by atoms with E-state index in [4.69, 9.17) is 14.4 Å². The molecule has 0 radical (unpaired) electrons. The predicted molar refractivity (Wildman–Crippen MR) is 108 cm³/mol. The lowest BCUT2D eigenvalue weighted by Gasteiger charge is -2.20. The average molecular weight is 435 g/mol. The number of aliphatic hydroxyl groups excluding tert-OH is 1. The fourth-order valence-corrected chi connectivity index (χ4v) is 4.27. The van der Waals surface area contributed by atoms with E-state index in [1.807, 2.05) is 0 Å². The van der Waals surface area contributed by atoms with Crippen molar-refractivity contribution in [1.29, 1.82) is 0 Å². The third kappa shape index (κ3) is 4.38. The smallest absolute Gasteiger partial charge is 0.419 e. The summed E-state index contributed by atoms with van der Waals surface area (Å²) in [5, 5.41) is 16.5. The van der Waals surface area contributed by atoms with Crippen LogP contribution in [-0.4, -0.2) is 41.0 Å². The Hall–Kier alpha value is -2.65. The zero-order chi connectivity index (χ0) is 22.0. The molecule has 2 aromatic rings. The molecule has 2 aliphatic carbocycles. The average Bonchev–Trinajstić information content (AvgIpc) is 3.39. The van der Waals surface area contributed by atoms with Gasteiger partial charge in [-0.2, -0.15) is 18.2 Å². The number of rotatable bonds is 7. The van der Waals surface area contributed by atoms with Gasteiger partial charge < -0.3 is 19.7 Å². The van der Waals surface area contributed by atoms with E-state index in [1.54, 1.807) is 6.92 Å². The second-order valence-electron chi connectivity index (χ2n) is 7.49. The van der Waals surface area contributed by atoms with Crippen molar-refractivity contribution in [2.75, 3.05) is 19.8 Å². The first-order chi connectivity index (χ1) is 14.9. The highest BCUT2D eigenvalue weighted by atomic mass is 19.4. The van der Waals surface area contributed by atoms with Crippen LogP contribution in [-0.2, 0) is 6.18 Å². The van der Waals surface area contributed by atoms with Gasteiger partial charge >= 0.3 is 6.18 Å². The first kappa shape index (κ1) is 21.6. The van der Waals surface area contributed by atoms with E-state index in [1.165, 1.54) is 17.7 Å². The lowest BCUT2D eigenvalue weighted by Crippen LogP contribution is -2.31. The number of halogens is 3. The molecular weight excluding hydrogens is 411 g/mol. The minimum Gasteiger partial charge on any atom is -0.493 e. The number of ether oxygens (including phenoxy) is 1. The number of alkyl halides is 3. The van der Waals surface area contributed by atoms with Gasteiger partial charge in [0, 0.05) is 23.7 Å². The van der Waals surface area contributed by atoms with Crippen LogP contribution in [0.5, 0.6) is 5.75 Å². The van der Waals surface area contributed by atoms with E-state index in [0.29, 0.717) is 12.4 Å². The Labute approximate surface area is 177 Å². The van der Waals surface area contributed by atoms with E-state index < -0.39 is 11.7 Å². The lowest BCUT2D eigenvalue weighted by molar-refractivity contribution is -0.138. The summed E-state index contributed by atoms with van der Waals surface area (Å²) in [5.74, 6) is 0.188. The first-order valence-electron chi connectivity index (χ1n) is 10.4. The Morgan fingerprint density at radius 3 is 2.87 bits per heavy atom. The molecule has 0 bridgehead atoms. The molecule has 0 saturated carbocycles. The normalized spacial score (nSPS) is 18.9. The van der Waals surface area contributed by atoms with Crippen LogP contribution in [0.3, 0.4) is 0 Å². The van der Waals surface area contributed by atoms with E-state index in [0.717, 1.165) is 42.9 Å². The van der Waals surface area contributed by atoms with Crippen LogP contribution in [0.1, 0.15) is 44.0 Å². The number of benzene rings is 1. The maximum atomic E-state index is 13.5. The fourth-order valence-electron chi connectivity index (χ4n) is 4.27. The van der Waals surface area contributed by atoms with Gasteiger partial charge in [0.2, 0.25) is 5.82 Å². The van der Waals surface area contributed by atoms with Crippen molar-refractivity contribution in [3.63, 3.8) is 0 Å². The van der Waals surface area contributed by atoms with E-state index in [2.05, 4.69) is 21.5 Å². The first-order valence-corrected chi connectivity index (χ1v) is 10.4. The summed E-state index contributed by atoms with van der Waals surface area (Å²) in [5.41, 5.74) is 2.65. The van der Waals surface area contributed by atoms with Crippen molar-refractivity contribution in [1.82, 2.24) is 15.5 Å². The van der Waals surface area contributed by atoms with Gasteiger partial charge in [-0.3, -0.25) is 0 Å². The number of hydrogen-bond acceptors (Lipinski definition) is 6. The molecule has 0 aliphatic heterocycles. The van der Waals surface area contributed by atoms with E-state index in [-0.39, 0.29) is 36.5 Å². The highest BCUT2D eigenvalue weighted by Gasteiger charge is 2.35. The maximum Gasteiger partial charge on any atom is 0.419 e. The van der Waals surface area contributed by atoms with Gasteiger partial charge in [0.05, 0.1) is 18.8 Å². The van der Waals surface area contributed by atoms with E-state index >= 15 is 0 Å². The summed E-state index contributed by atoms with van der Waals surface area (Å²) in [6.45, 7) is 2.38. The van der Waals surface area contributed by atoms with Crippen molar-refractivity contribution in [3.8, 4) is 17.2 Å². The molecule has 1 aromatic heterocycles. The predicted octanol–water partition coefficient (Wildman–Crippen LogP) is 4.37.